The predicted octanol–water partition coefficient (Wildman–Crippen LogP) is -0.757. The fourth-order valence-electron chi connectivity index (χ4n) is 2.09. The minimum Gasteiger partial charge on any atom is -0.326 e. The molecule has 1 saturated heterocycles. The molecule has 18 heavy (non-hydrogen) atoms. The summed E-state index contributed by atoms with van der Waals surface area (Å²) in [5.41, 5.74) is 5.96. The second-order valence-electron chi connectivity index (χ2n) is 4.38. The molecule has 0 atom stereocenters. The minimum absolute atomic E-state index is 0.0754. The van der Waals surface area contributed by atoms with Gasteiger partial charge < -0.3 is 10.6 Å². The number of H-pyrrole nitrogens is 1. The molecule has 4 N–H and O–H groups in total. The first-order chi connectivity index (χ1) is 8.63. The third kappa shape index (κ3) is 3.08. The predicted molar refractivity (Wildman–Crippen MR) is 67.3 cm³/mol. The van der Waals surface area contributed by atoms with Crippen LogP contribution in [-0.2, 0) is 16.6 Å². The number of rotatable bonds is 6. The Hall–Kier alpha value is -0.960. The van der Waals surface area contributed by atoms with E-state index in [1.807, 2.05) is 0 Å². The SMILES string of the molecule is NCc1cn[nH]c1S(=O)(=O)NCCN1CCCC1. The Morgan fingerprint density at radius 2 is 2.17 bits per heavy atom. The molecule has 1 fully saturated rings. The van der Waals surface area contributed by atoms with Gasteiger partial charge in [0.15, 0.2) is 5.03 Å². The van der Waals surface area contributed by atoms with Crippen LogP contribution < -0.4 is 10.5 Å². The molecule has 0 aromatic carbocycles. The molecule has 0 aliphatic carbocycles. The maximum atomic E-state index is 12.0. The quantitative estimate of drug-likeness (QED) is 0.632. The van der Waals surface area contributed by atoms with Crippen LogP contribution in [0.1, 0.15) is 18.4 Å². The van der Waals surface area contributed by atoms with Crippen molar-refractivity contribution in [2.75, 3.05) is 26.2 Å². The number of aromatic nitrogens is 2. The first-order valence-corrected chi connectivity index (χ1v) is 7.56. The number of aromatic amines is 1. The van der Waals surface area contributed by atoms with Gasteiger partial charge in [-0.1, -0.05) is 0 Å². The molecule has 2 heterocycles. The van der Waals surface area contributed by atoms with Crippen LogP contribution in [0.15, 0.2) is 11.2 Å². The minimum atomic E-state index is -3.53. The number of sulfonamides is 1. The van der Waals surface area contributed by atoms with Crippen LogP contribution in [0.5, 0.6) is 0 Å². The van der Waals surface area contributed by atoms with E-state index in [1.54, 1.807) is 0 Å². The number of hydrogen-bond acceptors (Lipinski definition) is 5. The van der Waals surface area contributed by atoms with Crippen molar-refractivity contribution in [2.24, 2.45) is 5.73 Å². The van der Waals surface area contributed by atoms with E-state index in [1.165, 1.54) is 19.0 Å². The van der Waals surface area contributed by atoms with Crippen molar-refractivity contribution in [3.63, 3.8) is 0 Å². The lowest BCUT2D eigenvalue weighted by molar-refractivity contribution is 0.344. The average Bonchev–Trinajstić information content (AvgIpc) is 2.99. The number of nitrogens with one attached hydrogen (secondary N) is 2. The van der Waals surface area contributed by atoms with Crippen LogP contribution in [0.4, 0.5) is 0 Å². The highest BCUT2D eigenvalue weighted by Gasteiger charge is 2.20. The first-order valence-electron chi connectivity index (χ1n) is 6.08. The van der Waals surface area contributed by atoms with Gasteiger partial charge >= 0.3 is 0 Å². The largest absolute Gasteiger partial charge is 0.326 e. The van der Waals surface area contributed by atoms with Gasteiger partial charge in [-0.15, -0.1) is 0 Å². The summed E-state index contributed by atoms with van der Waals surface area (Å²) in [6.07, 6.45) is 3.84. The molecular weight excluding hydrogens is 254 g/mol. The highest BCUT2D eigenvalue weighted by Crippen LogP contribution is 2.11. The number of nitrogens with zero attached hydrogens (tertiary/aromatic N) is 2. The third-order valence-corrected chi connectivity index (χ3v) is 4.56. The molecular formula is C10H19N5O2S. The van der Waals surface area contributed by atoms with Crippen molar-refractivity contribution in [1.82, 2.24) is 19.8 Å². The van der Waals surface area contributed by atoms with Gasteiger partial charge in [0.2, 0.25) is 0 Å². The summed E-state index contributed by atoms with van der Waals surface area (Å²) in [6, 6.07) is 0. The van der Waals surface area contributed by atoms with Crippen molar-refractivity contribution in [1.29, 1.82) is 0 Å². The third-order valence-electron chi connectivity index (χ3n) is 3.09. The lowest BCUT2D eigenvalue weighted by Gasteiger charge is -2.14. The molecule has 1 aromatic heterocycles. The van der Waals surface area contributed by atoms with E-state index in [0.717, 1.165) is 19.6 Å². The second kappa shape index (κ2) is 5.79. The Morgan fingerprint density at radius 3 is 2.83 bits per heavy atom. The number of hydrogen-bond donors (Lipinski definition) is 3. The summed E-state index contributed by atoms with van der Waals surface area (Å²) < 4.78 is 26.5. The maximum Gasteiger partial charge on any atom is 0.257 e. The zero-order chi connectivity index (χ0) is 13.0. The normalized spacial score (nSPS) is 17.4. The summed E-state index contributed by atoms with van der Waals surface area (Å²) in [4.78, 5) is 2.25. The molecule has 1 aliphatic heterocycles. The molecule has 0 unspecified atom stereocenters. The van der Waals surface area contributed by atoms with E-state index < -0.39 is 10.0 Å². The van der Waals surface area contributed by atoms with E-state index in [-0.39, 0.29) is 11.6 Å². The molecule has 7 nitrogen and oxygen atoms in total. The van der Waals surface area contributed by atoms with Gasteiger partial charge in [0.1, 0.15) is 0 Å². The fraction of sp³-hybridized carbons (Fsp3) is 0.700. The zero-order valence-electron chi connectivity index (χ0n) is 10.2. The molecule has 0 amide bonds. The lowest BCUT2D eigenvalue weighted by Crippen LogP contribution is -2.34. The van der Waals surface area contributed by atoms with Gasteiger partial charge in [0.05, 0.1) is 6.20 Å². The topological polar surface area (TPSA) is 104 Å². The molecule has 1 aromatic rings. The molecule has 1 aliphatic rings. The van der Waals surface area contributed by atoms with Crippen LogP contribution in [-0.4, -0.2) is 49.7 Å². The van der Waals surface area contributed by atoms with Gasteiger partial charge in [-0.3, -0.25) is 5.10 Å². The van der Waals surface area contributed by atoms with E-state index in [0.29, 0.717) is 12.1 Å². The van der Waals surface area contributed by atoms with E-state index in [2.05, 4.69) is 19.8 Å². The van der Waals surface area contributed by atoms with Crippen molar-refractivity contribution in [3.05, 3.63) is 11.8 Å². The number of nitrogens with two attached hydrogens (primary N) is 1. The van der Waals surface area contributed by atoms with Crippen LogP contribution in [0.25, 0.3) is 0 Å². The molecule has 102 valence electrons. The highest BCUT2D eigenvalue weighted by atomic mass is 32.2. The average molecular weight is 273 g/mol. The highest BCUT2D eigenvalue weighted by molar-refractivity contribution is 7.89. The maximum absolute atomic E-state index is 12.0. The standard InChI is InChI=1S/C10H19N5O2S/c11-7-9-8-12-14-10(9)18(16,17)13-3-6-15-4-1-2-5-15/h8,13H,1-7,11H2,(H,12,14). The summed E-state index contributed by atoms with van der Waals surface area (Å²) in [5.74, 6) is 0. The monoisotopic (exact) mass is 273 g/mol. The Labute approximate surface area is 107 Å². The summed E-state index contributed by atoms with van der Waals surface area (Å²) >= 11 is 0. The van der Waals surface area contributed by atoms with Crippen LogP contribution in [0.3, 0.4) is 0 Å². The van der Waals surface area contributed by atoms with Crippen LogP contribution in [0.2, 0.25) is 0 Å². The molecule has 8 heteroatoms. The van der Waals surface area contributed by atoms with Gasteiger partial charge in [0.25, 0.3) is 10.0 Å². The zero-order valence-corrected chi connectivity index (χ0v) is 11.0. The van der Waals surface area contributed by atoms with Crippen molar-refractivity contribution in [2.45, 2.75) is 24.4 Å². The second-order valence-corrected chi connectivity index (χ2v) is 6.08. The van der Waals surface area contributed by atoms with E-state index in [9.17, 15) is 8.42 Å². The summed E-state index contributed by atoms with van der Waals surface area (Å²) in [7, 11) is -3.53. The van der Waals surface area contributed by atoms with E-state index >= 15 is 0 Å². The number of likely N-dealkylation sites (tertiary alicyclic amines) is 1. The molecule has 0 bridgehead atoms. The molecule has 0 spiro atoms. The lowest BCUT2D eigenvalue weighted by atomic mass is 10.4. The van der Waals surface area contributed by atoms with E-state index in [4.69, 9.17) is 5.73 Å². The Bertz CT molecular complexity index is 478. The summed E-state index contributed by atoms with van der Waals surface area (Å²) in [5, 5.41) is 6.27. The summed E-state index contributed by atoms with van der Waals surface area (Å²) in [6.45, 7) is 3.41. The van der Waals surface area contributed by atoms with Gasteiger partial charge in [0, 0.05) is 25.2 Å². The Balaban J connectivity index is 1.91. The molecule has 0 radical (unpaired) electrons. The van der Waals surface area contributed by atoms with Crippen molar-refractivity contribution >= 4 is 10.0 Å². The van der Waals surface area contributed by atoms with Crippen LogP contribution in [0, 0.1) is 0 Å². The van der Waals surface area contributed by atoms with Crippen LogP contribution >= 0.6 is 0 Å². The fourth-order valence-corrected chi connectivity index (χ4v) is 3.25. The van der Waals surface area contributed by atoms with Gasteiger partial charge in [-0.25, -0.2) is 13.1 Å². The molecule has 2 rings (SSSR count). The smallest absolute Gasteiger partial charge is 0.257 e. The van der Waals surface area contributed by atoms with Crippen molar-refractivity contribution in [3.8, 4) is 0 Å². The Morgan fingerprint density at radius 1 is 1.44 bits per heavy atom. The van der Waals surface area contributed by atoms with Gasteiger partial charge in [-0.2, -0.15) is 5.10 Å². The van der Waals surface area contributed by atoms with Gasteiger partial charge in [-0.05, 0) is 25.9 Å². The first kappa shape index (κ1) is 13.5. The van der Waals surface area contributed by atoms with Crippen molar-refractivity contribution < 1.29 is 8.42 Å². The Kier molecular flexibility index (Phi) is 4.33. The molecule has 0 saturated carbocycles.